The maximum absolute atomic E-state index is 10.8. The minimum atomic E-state index is -0.349. The van der Waals surface area contributed by atoms with Crippen LogP contribution in [-0.4, -0.2) is 34.6 Å². The highest BCUT2D eigenvalue weighted by Crippen LogP contribution is 2.23. The van der Waals surface area contributed by atoms with E-state index in [-0.39, 0.29) is 17.2 Å². The zero-order valence-corrected chi connectivity index (χ0v) is 8.87. The molecule has 5 nitrogen and oxygen atoms in total. The summed E-state index contributed by atoms with van der Waals surface area (Å²) >= 11 is 0. The Morgan fingerprint density at radius 1 is 1.44 bits per heavy atom. The quantitative estimate of drug-likeness (QED) is 0.610. The Balaban J connectivity index is 2.02. The summed E-state index contributed by atoms with van der Waals surface area (Å²) in [5.41, 5.74) is 0.916. The van der Waals surface area contributed by atoms with Crippen LogP contribution in [0.15, 0.2) is 24.3 Å². The highest BCUT2D eigenvalue weighted by atomic mass is 16.6. The van der Waals surface area contributed by atoms with E-state index in [1.54, 1.807) is 12.1 Å². The van der Waals surface area contributed by atoms with Crippen molar-refractivity contribution in [3.05, 3.63) is 39.9 Å². The maximum Gasteiger partial charge on any atom is 0.273 e. The van der Waals surface area contributed by atoms with Crippen molar-refractivity contribution in [1.29, 1.82) is 0 Å². The molecule has 0 saturated carbocycles. The highest BCUT2D eigenvalue weighted by molar-refractivity contribution is 5.39. The molecule has 0 amide bonds. The zero-order chi connectivity index (χ0) is 11.5. The lowest BCUT2D eigenvalue weighted by molar-refractivity contribution is -0.385. The Kier molecular flexibility index (Phi) is 3.17. The van der Waals surface area contributed by atoms with Gasteiger partial charge in [0.15, 0.2) is 0 Å². The Morgan fingerprint density at radius 2 is 2.12 bits per heavy atom. The van der Waals surface area contributed by atoms with E-state index >= 15 is 0 Å². The molecule has 1 aromatic carbocycles. The van der Waals surface area contributed by atoms with Crippen LogP contribution in [0.5, 0.6) is 0 Å². The Bertz CT molecular complexity index is 389. The fourth-order valence-electron chi connectivity index (χ4n) is 1.98. The number of hydrogen-bond acceptors (Lipinski definition) is 4. The number of aliphatic hydroxyl groups is 1. The van der Waals surface area contributed by atoms with Crippen LogP contribution in [0.2, 0.25) is 0 Å². The van der Waals surface area contributed by atoms with Gasteiger partial charge in [-0.25, -0.2) is 0 Å². The number of para-hydroxylation sites is 1. The molecular formula is C11H14N2O3. The molecule has 1 heterocycles. The first-order chi connectivity index (χ1) is 7.70. The molecule has 0 bridgehead atoms. The summed E-state index contributed by atoms with van der Waals surface area (Å²) in [4.78, 5) is 12.5. The molecule has 1 saturated heterocycles. The fraction of sp³-hybridized carbons (Fsp3) is 0.455. The fourth-order valence-corrected chi connectivity index (χ4v) is 1.98. The van der Waals surface area contributed by atoms with E-state index in [2.05, 4.69) is 4.90 Å². The molecule has 1 aliphatic rings. The Labute approximate surface area is 93.5 Å². The largest absolute Gasteiger partial charge is 0.396 e. The van der Waals surface area contributed by atoms with Crippen LogP contribution >= 0.6 is 0 Å². The molecule has 2 rings (SSSR count). The molecule has 0 aliphatic carbocycles. The van der Waals surface area contributed by atoms with Gasteiger partial charge < -0.3 is 5.11 Å². The summed E-state index contributed by atoms with van der Waals surface area (Å²) in [6, 6.07) is 6.79. The lowest BCUT2D eigenvalue weighted by Gasteiger charge is -2.38. The molecule has 0 atom stereocenters. The summed E-state index contributed by atoms with van der Waals surface area (Å²) in [5, 5.41) is 19.7. The average Bonchev–Trinajstić information content (AvgIpc) is 2.23. The second-order valence-electron chi connectivity index (χ2n) is 4.13. The Hall–Kier alpha value is -1.46. The van der Waals surface area contributed by atoms with Crippen molar-refractivity contribution in [3.63, 3.8) is 0 Å². The molecule has 0 unspecified atom stereocenters. The second-order valence-corrected chi connectivity index (χ2v) is 4.13. The van der Waals surface area contributed by atoms with Gasteiger partial charge in [0.2, 0.25) is 0 Å². The number of aliphatic hydroxyl groups excluding tert-OH is 1. The SMILES string of the molecule is O=[N+]([O-])c1ccccc1CN1CC(CO)C1. The van der Waals surface area contributed by atoms with Gasteiger partial charge in [0.25, 0.3) is 5.69 Å². The highest BCUT2D eigenvalue weighted by Gasteiger charge is 2.27. The predicted molar refractivity (Wildman–Crippen MR) is 58.9 cm³/mol. The van der Waals surface area contributed by atoms with E-state index in [4.69, 9.17) is 5.11 Å². The smallest absolute Gasteiger partial charge is 0.273 e. The standard InChI is InChI=1S/C11H14N2O3/c14-8-9-5-12(6-9)7-10-3-1-2-4-11(10)13(15)16/h1-4,9,14H,5-8H2. The first kappa shape index (κ1) is 11.0. The van der Waals surface area contributed by atoms with Gasteiger partial charge in [-0.05, 0) is 0 Å². The molecule has 1 aliphatic heterocycles. The van der Waals surface area contributed by atoms with Gasteiger partial charge in [-0.3, -0.25) is 15.0 Å². The van der Waals surface area contributed by atoms with Crippen LogP contribution in [0.25, 0.3) is 0 Å². The number of nitro benzene ring substituents is 1. The summed E-state index contributed by atoms with van der Waals surface area (Å²) in [5.74, 6) is 0.336. The number of nitro groups is 1. The summed E-state index contributed by atoms with van der Waals surface area (Å²) in [6.07, 6.45) is 0. The first-order valence-electron chi connectivity index (χ1n) is 5.26. The predicted octanol–water partition coefficient (Wildman–Crippen LogP) is 1.02. The molecule has 16 heavy (non-hydrogen) atoms. The van der Waals surface area contributed by atoms with Crippen molar-refractivity contribution in [3.8, 4) is 0 Å². The molecule has 86 valence electrons. The van der Waals surface area contributed by atoms with Crippen molar-refractivity contribution < 1.29 is 10.0 Å². The van der Waals surface area contributed by atoms with Crippen molar-refractivity contribution in [1.82, 2.24) is 4.90 Å². The number of benzene rings is 1. The van der Waals surface area contributed by atoms with E-state index in [9.17, 15) is 10.1 Å². The minimum Gasteiger partial charge on any atom is -0.396 e. The number of hydrogen-bond donors (Lipinski definition) is 1. The van der Waals surface area contributed by atoms with Crippen LogP contribution in [0, 0.1) is 16.0 Å². The van der Waals surface area contributed by atoms with Crippen LogP contribution in [0.4, 0.5) is 5.69 Å². The van der Waals surface area contributed by atoms with Gasteiger partial charge in [0.1, 0.15) is 0 Å². The van der Waals surface area contributed by atoms with Gasteiger partial charge in [0, 0.05) is 43.8 Å². The summed E-state index contributed by atoms with van der Waals surface area (Å²) in [7, 11) is 0. The van der Waals surface area contributed by atoms with E-state index in [0.29, 0.717) is 12.5 Å². The minimum absolute atomic E-state index is 0.176. The van der Waals surface area contributed by atoms with Crippen molar-refractivity contribution in [2.24, 2.45) is 5.92 Å². The van der Waals surface area contributed by atoms with Crippen molar-refractivity contribution in [2.45, 2.75) is 6.54 Å². The zero-order valence-electron chi connectivity index (χ0n) is 8.87. The third-order valence-electron chi connectivity index (χ3n) is 2.87. The van der Waals surface area contributed by atoms with Crippen LogP contribution < -0.4 is 0 Å². The van der Waals surface area contributed by atoms with Crippen LogP contribution in [-0.2, 0) is 6.54 Å². The average molecular weight is 222 g/mol. The number of nitrogens with zero attached hydrogens (tertiary/aromatic N) is 2. The summed E-state index contributed by atoms with van der Waals surface area (Å²) in [6.45, 7) is 2.44. The topological polar surface area (TPSA) is 66.6 Å². The molecule has 1 fully saturated rings. The molecule has 0 aromatic heterocycles. The first-order valence-corrected chi connectivity index (χ1v) is 5.26. The number of rotatable bonds is 4. The molecule has 0 radical (unpaired) electrons. The molecule has 1 N–H and O–H groups in total. The molecule has 1 aromatic rings. The molecular weight excluding hydrogens is 208 g/mol. The summed E-state index contributed by atoms with van der Waals surface area (Å²) < 4.78 is 0. The van der Waals surface area contributed by atoms with E-state index in [1.165, 1.54) is 6.07 Å². The van der Waals surface area contributed by atoms with Crippen molar-refractivity contribution in [2.75, 3.05) is 19.7 Å². The molecule has 5 heteroatoms. The maximum atomic E-state index is 10.8. The lowest BCUT2D eigenvalue weighted by atomic mass is 10.00. The van der Waals surface area contributed by atoms with E-state index in [0.717, 1.165) is 18.7 Å². The van der Waals surface area contributed by atoms with Gasteiger partial charge in [-0.2, -0.15) is 0 Å². The Morgan fingerprint density at radius 3 is 2.75 bits per heavy atom. The normalized spacial score (nSPS) is 17.1. The third kappa shape index (κ3) is 2.20. The van der Waals surface area contributed by atoms with Crippen LogP contribution in [0.1, 0.15) is 5.56 Å². The van der Waals surface area contributed by atoms with Gasteiger partial charge >= 0.3 is 0 Å². The van der Waals surface area contributed by atoms with E-state index in [1.807, 2.05) is 6.07 Å². The van der Waals surface area contributed by atoms with Gasteiger partial charge in [-0.15, -0.1) is 0 Å². The lowest BCUT2D eigenvalue weighted by Crippen LogP contribution is -2.47. The number of likely N-dealkylation sites (tertiary alicyclic amines) is 1. The van der Waals surface area contributed by atoms with Crippen molar-refractivity contribution >= 4 is 5.69 Å². The van der Waals surface area contributed by atoms with E-state index < -0.39 is 0 Å². The van der Waals surface area contributed by atoms with Gasteiger partial charge in [0.05, 0.1) is 4.92 Å². The molecule has 0 spiro atoms. The third-order valence-corrected chi connectivity index (χ3v) is 2.87. The van der Waals surface area contributed by atoms with Crippen LogP contribution in [0.3, 0.4) is 0 Å². The van der Waals surface area contributed by atoms with Gasteiger partial charge in [-0.1, -0.05) is 18.2 Å². The monoisotopic (exact) mass is 222 g/mol. The second kappa shape index (κ2) is 4.59.